The highest BCUT2D eigenvalue weighted by Crippen LogP contribution is 2.39. The predicted octanol–water partition coefficient (Wildman–Crippen LogP) is 7.51. The number of halogens is 2. The lowest BCUT2D eigenvalue weighted by Crippen LogP contribution is -2.15. The molecule has 9 heteroatoms. The minimum atomic E-state index is -0.198. The van der Waals surface area contributed by atoms with Gasteiger partial charge in [-0.05, 0) is 37.6 Å². The molecule has 1 N–H and O–H groups in total. The summed E-state index contributed by atoms with van der Waals surface area (Å²) >= 11 is 15.1. The molecular formula is C25H22Cl2N4OS2. The highest BCUT2D eigenvalue weighted by atomic mass is 35.5. The van der Waals surface area contributed by atoms with Crippen molar-refractivity contribution in [3.05, 3.63) is 81.0 Å². The Kier molecular flexibility index (Phi) is 7.78. The van der Waals surface area contributed by atoms with Crippen LogP contribution in [0.1, 0.15) is 10.4 Å². The zero-order valence-electron chi connectivity index (χ0n) is 18.6. The molecule has 0 aliphatic carbocycles. The number of allylic oxidation sites excluding steroid dienone is 1. The van der Waals surface area contributed by atoms with Crippen molar-refractivity contribution < 1.29 is 4.79 Å². The van der Waals surface area contributed by atoms with Crippen molar-refractivity contribution in [3.63, 3.8) is 0 Å². The Balaban J connectivity index is 1.58. The first-order chi connectivity index (χ1) is 16.4. The van der Waals surface area contributed by atoms with Gasteiger partial charge in [0, 0.05) is 33.0 Å². The van der Waals surface area contributed by atoms with Crippen LogP contribution in [0.25, 0.3) is 22.5 Å². The molecule has 0 saturated carbocycles. The number of nitrogens with one attached hydrogen (secondary N) is 1. The molecule has 0 aliphatic heterocycles. The van der Waals surface area contributed by atoms with E-state index in [-0.39, 0.29) is 11.7 Å². The highest BCUT2D eigenvalue weighted by molar-refractivity contribution is 7.99. The van der Waals surface area contributed by atoms with E-state index in [9.17, 15) is 4.79 Å². The van der Waals surface area contributed by atoms with Gasteiger partial charge < -0.3 is 5.32 Å². The van der Waals surface area contributed by atoms with E-state index in [1.165, 1.54) is 22.2 Å². The number of hydrogen-bond donors (Lipinski definition) is 1. The van der Waals surface area contributed by atoms with Crippen molar-refractivity contribution in [3.8, 4) is 22.5 Å². The fraction of sp³-hybridized carbons (Fsp3) is 0.160. The van der Waals surface area contributed by atoms with Crippen molar-refractivity contribution in [1.29, 1.82) is 0 Å². The molecule has 4 rings (SSSR count). The first-order valence-electron chi connectivity index (χ1n) is 10.4. The third-order valence-corrected chi connectivity index (χ3v) is 7.55. The number of aryl methyl sites for hydroxylation is 2. The SMILES string of the molecule is C=CCn1c(SCC(=O)Nc2ccc(Cl)cc2Cl)nnc1-c1csc(C)c1-c1ccc(C)cc1. The quantitative estimate of drug-likeness (QED) is 0.190. The minimum Gasteiger partial charge on any atom is -0.324 e. The van der Waals surface area contributed by atoms with Crippen LogP contribution in [0.5, 0.6) is 0 Å². The Morgan fingerprint density at radius 3 is 2.65 bits per heavy atom. The average Bonchev–Trinajstić information content (AvgIpc) is 3.38. The van der Waals surface area contributed by atoms with Crippen molar-refractivity contribution in [2.45, 2.75) is 25.5 Å². The molecule has 4 aromatic rings. The minimum absolute atomic E-state index is 0.154. The van der Waals surface area contributed by atoms with Crippen LogP contribution >= 0.6 is 46.3 Å². The Morgan fingerprint density at radius 2 is 1.94 bits per heavy atom. The predicted molar refractivity (Wildman–Crippen MR) is 144 cm³/mol. The van der Waals surface area contributed by atoms with E-state index in [4.69, 9.17) is 23.2 Å². The Morgan fingerprint density at radius 1 is 1.18 bits per heavy atom. The van der Waals surface area contributed by atoms with Gasteiger partial charge in [0.25, 0.3) is 0 Å². The third-order valence-electron chi connectivity index (χ3n) is 5.12. The number of benzene rings is 2. The molecule has 0 spiro atoms. The number of thiophene rings is 1. The van der Waals surface area contributed by atoms with Gasteiger partial charge in [0.15, 0.2) is 11.0 Å². The van der Waals surface area contributed by atoms with Crippen LogP contribution in [-0.4, -0.2) is 26.4 Å². The van der Waals surface area contributed by atoms with E-state index >= 15 is 0 Å². The summed E-state index contributed by atoms with van der Waals surface area (Å²) in [5.41, 5.74) is 5.03. The number of aromatic nitrogens is 3. The maximum atomic E-state index is 12.5. The van der Waals surface area contributed by atoms with Gasteiger partial charge in [-0.1, -0.05) is 70.9 Å². The van der Waals surface area contributed by atoms with Gasteiger partial charge in [0.2, 0.25) is 5.91 Å². The van der Waals surface area contributed by atoms with E-state index in [1.807, 2.05) is 4.57 Å². The molecule has 0 saturated heterocycles. The van der Waals surface area contributed by atoms with Gasteiger partial charge in [0.05, 0.1) is 16.5 Å². The zero-order valence-corrected chi connectivity index (χ0v) is 21.8. The van der Waals surface area contributed by atoms with E-state index < -0.39 is 0 Å². The molecule has 0 aliphatic rings. The molecule has 0 radical (unpaired) electrons. The fourth-order valence-electron chi connectivity index (χ4n) is 3.49. The standard InChI is InChI=1S/C25H22Cl2N4OS2/c1-4-11-31-24(19-13-33-16(3)23(19)17-7-5-15(2)6-8-17)29-30-25(31)34-14-22(32)28-21-10-9-18(26)12-20(21)27/h4-10,12-13H,1,11,14H2,2-3H3,(H,28,32). The van der Waals surface area contributed by atoms with Crippen LogP contribution in [-0.2, 0) is 11.3 Å². The molecule has 5 nitrogen and oxygen atoms in total. The highest BCUT2D eigenvalue weighted by Gasteiger charge is 2.21. The normalized spacial score (nSPS) is 10.9. The number of anilines is 1. The van der Waals surface area contributed by atoms with Crippen LogP contribution in [0.15, 0.2) is 65.7 Å². The lowest BCUT2D eigenvalue weighted by atomic mass is 10.0. The number of carbonyl (C=O) groups excluding carboxylic acids is 1. The first-order valence-corrected chi connectivity index (χ1v) is 13.1. The molecule has 34 heavy (non-hydrogen) atoms. The number of carbonyl (C=O) groups is 1. The van der Waals surface area contributed by atoms with Gasteiger partial charge in [-0.15, -0.1) is 28.1 Å². The van der Waals surface area contributed by atoms with Crippen LogP contribution < -0.4 is 5.32 Å². The third kappa shape index (κ3) is 5.39. The number of nitrogens with zero attached hydrogens (tertiary/aromatic N) is 3. The van der Waals surface area contributed by atoms with Crippen molar-refractivity contribution >= 4 is 57.9 Å². The summed E-state index contributed by atoms with van der Waals surface area (Å²) in [6, 6.07) is 13.4. The number of thioether (sulfide) groups is 1. The molecular weight excluding hydrogens is 507 g/mol. The second-order valence-electron chi connectivity index (χ2n) is 7.61. The van der Waals surface area contributed by atoms with Crippen molar-refractivity contribution in [1.82, 2.24) is 14.8 Å². The summed E-state index contributed by atoms with van der Waals surface area (Å²) in [6.07, 6.45) is 1.80. The molecule has 0 unspecified atom stereocenters. The molecule has 2 heterocycles. The molecule has 1 amide bonds. The Hall–Kier alpha value is -2.58. The second-order valence-corrected chi connectivity index (χ2v) is 10.5. The van der Waals surface area contributed by atoms with Crippen LogP contribution in [0.2, 0.25) is 10.0 Å². The van der Waals surface area contributed by atoms with E-state index in [2.05, 4.69) is 65.6 Å². The molecule has 0 bridgehead atoms. The molecule has 2 aromatic heterocycles. The van der Waals surface area contributed by atoms with Gasteiger partial charge >= 0.3 is 0 Å². The zero-order chi connectivity index (χ0) is 24.2. The first kappa shape index (κ1) is 24.5. The number of rotatable bonds is 8. The van der Waals surface area contributed by atoms with E-state index in [0.29, 0.717) is 27.4 Å². The monoisotopic (exact) mass is 528 g/mol. The molecule has 0 atom stereocenters. The lowest BCUT2D eigenvalue weighted by molar-refractivity contribution is -0.113. The van der Waals surface area contributed by atoms with E-state index in [1.54, 1.807) is 35.6 Å². The topological polar surface area (TPSA) is 59.8 Å². The number of amides is 1. The summed E-state index contributed by atoms with van der Waals surface area (Å²) in [4.78, 5) is 13.7. The summed E-state index contributed by atoms with van der Waals surface area (Å²) in [5, 5.41) is 15.3. The Labute approximate surface area is 216 Å². The van der Waals surface area contributed by atoms with Crippen LogP contribution in [0.4, 0.5) is 5.69 Å². The molecule has 174 valence electrons. The Bertz CT molecular complexity index is 1350. The summed E-state index contributed by atoms with van der Waals surface area (Å²) in [6.45, 7) is 8.60. The van der Waals surface area contributed by atoms with Gasteiger partial charge in [0.1, 0.15) is 0 Å². The van der Waals surface area contributed by atoms with Gasteiger partial charge in [-0.2, -0.15) is 0 Å². The van der Waals surface area contributed by atoms with Crippen molar-refractivity contribution in [2.24, 2.45) is 0 Å². The maximum Gasteiger partial charge on any atom is 0.234 e. The average molecular weight is 530 g/mol. The molecule has 2 aromatic carbocycles. The summed E-state index contributed by atoms with van der Waals surface area (Å²) in [5.74, 6) is 0.709. The van der Waals surface area contributed by atoms with Crippen LogP contribution in [0.3, 0.4) is 0 Å². The largest absolute Gasteiger partial charge is 0.324 e. The second kappa shape index (κ2) is 10.8. The number of hydrogen-bond acceptors (Lipinski definition) is 5. The summed E-state index contributed by atoms with van der Waals surface area (Å²) < 4.78 is 1.99. The smallest absolute Gasteiger partial charge is 0.234 e. The summed E-state index contributed by atoms with van der Waals surface area (Å²) in [7, 11) is 0. The van der Waals surface area contributed by atoms with E-state index in [0.717, 1.165) is 22.5 Å². The van der Waals surface area contributed by atoms with Crippen molar-refractivity contribution in [2.75, 3.05) is 11.1 Å². The van der Waals surface area contributed by atoms with Crippen LogP contribution in [0, 0.1) is 13.8 Å². The molecule has 0 fully saturated rings. The lowest BCUT2D eigenvalue weighted by Gasteiger charge is -2.10. The fourth-order valence-corrected chi connectivity index (χ4v) is 5.56. The van der Waals surface area contributed by atoms with Gasteiger partial charge in [-0.3, -0.25) is 9.36 Å². The maximum absolute atomic E-state index is 12.5. The van der Waals surface area contributed by atoms with Gasteiger partial charge in [-0.25, -0.2) is 0 Å².